The van der Waals surface area contributed by atoms with E-state index in [1.165, 1.54) is 5.69 Å². The van der Waals surface area contributed by atoms with Gasteiger partial charge in [-0.25, -0.2) is 4.79 Å². The van der Waals surface area contributed by atoms with Crippen LogP contribution in [-0.2, 0) is 17.8 Å². The highest BCUT2D eigenvalue weighted by Gasteiger charge is 2.25. The first kappa shape index (κ1) is 17.4. The molecule has 1 aliphatic heterocycles. The number of rotatable bonds is 5. The molecule has 1 aliphatic rings. The average molecular weight is 386 g/mol. The predicted molar refractivity (Wildman–Crippen MR) is 108 cm³/mol. The summed E-state index contributed by atoms with van der Waals surface area (Å²) in [5, 5.41) is 14.7. The molecule has 1 N–H and O–H groups in total. The first-order chi connectivity index (χ1) is 14.2. The molecule has 0 unspecified atom stereocenters. The number of hydrogen-bond acceptors (Lipinski definition) is 5. The molecule has 3 aromatic heterocycles. The molecule has 0 saturated carbocycles. The molecule has 1 aromatic carbocycles. The van der Waals surface area contributed by atoms with Gasteiger partial charge in [0.15, 0.2) is 6.61 Å². The zero-order valence-electron chi connectivity index (χ0n) is 15.6. The maximum Gasteiger partial charge on any atom is 0.341 e. The van der Waals surface area contributed by atoms with Gasteiger partial charge in [0, 0.05) is 41.6 Å². The molecule has 29 heavy (non-hydrogen) atoms. The molecule has 0 bridgehead atoms. The van der Waals surface area contributed by atoms with Crippen LogP contribution in [0.5, 0.6) is 5.75 Å². The van der Waals surface area contributed by atoms with Gasteiger partial charge < -0.3 is 9.84 Å². The van der Waals surface area contributed by atoms with Crippen molar-refractivity contribution in [3.05, 3.63) is 60.6 Å². The van der Waals surface area contributed by atoms with E-state index in [0.29, 0.717) is 5.75 Å². The number of aliphatic carboxylic acids is 1. The zero-order valence-corrected chi connectivity index (χ0v) is 15.6. The lowest BCUT2D eigenvalue weighted by Crippen LogP contribution is -2.09. The zero-order chi connectivity index (χ0) is 19.8. The number of aromatic nitrogens is 4. The van der Waals surface area contributed by atoms with E-state index in [1.54, 1.807) is 24.5 Å². The van der Waals surface area contributed by atoms with Gasteiger partial charge >= 0.3 is 5.97 Å². The lowest BCUT2D eigenvalue weighted by Gasteiger charge is -2.10. The molecule has 0 spiro atoms. The van der Waals surface area contributed by atoms with Crippen LogP contribution < -0.4 is 4.74 Å². The number of hydrogen-bond donors (Lipinski definition) is 1. The topological polar surface area (TPSA) is 90.1 Å². The van der Waals surface area contributed by atoms with Crippen LogP contribution in [0.3, 0.4) is 0 Å². The summed E-state index contributed by atoms with van der Waals surface area (Å²) < 4.78 is 7.39. The highest BCUT2D eigenvalue weighted by molar-refractivity contribution is 5.99. The van der Waals surface area contributed by atoms with Crippen molar-refractivity contribution in [2.75, 3.05) is 6.61 Å². The van der Waals surface area contributed by atoms with Crippen molar-refractivity contribution in [1.82, 2.24) is 19.7 Å². The summed E-state index contributed by atoms with van der Waals surface area (Å²) in [6.45, 7) is 0.525. The quantitative estimate of drug-likeness (QED) is 0.564. The number of fused-ring (bicyclic) bond motifs is 2. The monoisotopic (exact) mass is 386 g/mol. The third kappa shape index (κ3) is 3.10. The molecule has 0 aliphatic carbocycles. The first-order valence-corrected chi connectivity index (χ1v) is 9.45. The Kier molecular flexibility index (Phi) is 4.20. The number of carboxylic acid groups (broad SMARTS) is 1. The number of pyridine rings is 2. The van der Waals surface area contributed by atoms with E-state index in [9.17, 15) is 4.79 Å². The Morgan fingerprint density at radius 1 is 1.14 bits per heavy atom. The Morgan fingerprint density at radius 3 is 2.90 bits per heavy atom. The molecule has 4 aromatic rings. The van der Waals surface area contributed by atoms with Gasteiger partial charge in [0.1, 0.15) is 11.4 Å². The third-order valence-electron chi connectivity index (χ3n) is 5.09. The lowest BCUT2D eigenvalue weighted by atomic mass is 9.96. The average Bonchev–Trinajstić information content (AvgIpc) is 3.33. The van der Waals surface area contributed by atoms with Gasteiger partial charge in [0.05, 0.1) is 11.2 Å². The standard InChI is InChI=1S/C22H18N4O3/c27-20(28)13-29-14-6-7-15-16(8-10-24-18(15)12-14)21-19-5-3-11-26(19)25-22(21)17-4-1-2-9-23-17/h1-2,4,6-10,12H,3,5,11,13H2,(H,27,28). The van der Waals surface area contributed by atoms with E-state index < -0.39 is 5.97 Å². The SMILES string of the molecule is O=C(O)COc1ccc2c(-c3c(-c4ccccn4)nn4c3CCC4)ccnc2c1. The smallest absolute Gasteiger partial charge is 0.341 e. The van der Waals surface area contributed by atoms with Crippen LogP contribution in [0.15, 0.2) is 54.9 Å². The van der Waals surface area contributed by atoms with Crippen molar-refractivity contribution >= 4 is 16.9 Å². The minimum absolute atomic E-state index is 0.383. The van der Waals surface area contributed by atoms with E-state index in [2.05, 4.69) is 14.6 Å². The van der Waals surface area contributed by atoms with Crippen LogP contribution in [0.25, 0.3) is 33.4 Å². The number of nitrogens with zero attached hydrogens (tertiary/aromatic N) is 4. The number of carboxylic acids is 1. The minimum Gasteiger partial charge on any atom is -0.482 e. The van der Waals surface area contributed by atoms with Crippen LogP contribution in [0.4, 0.5) is 0 Å². The van der Waals surface area contributed by atoms with Crippen LogP contribution in [0, 0.1) is 0 Å². The summed E-state index contributed by atoms with van der Waals surface area (Å²) in [6, 6.07) is 13.3. The molecule has 0 atom stereocenters. The Balaban J connectivity index is 1.67. The normalized spacial score (nSPS) is 12.8. The second-order valence-electron chi connectivity index (χ2n) is 6.93. The highest BCUT2D eigenvalue weighted by atomic mass is 16.5. The van der Waals surface area contributed by atoms with Crippen LogP contribution in [0.2, 0.25) is 0 Å². The number of carbonyl (C=O) groups is 1. The number of benzene rings is 1. The fraction of sp³-hybridized carbons (Fsp3) is 0.182. The molecule has 5 rings (SSSR count). The Labute approximate surface area is 166 Å². The van der Waals surface area contributed by atoms with Gasteiger partial charge in [-0.15, -0.1) is 0 Å². The summed E-state index contributed by atoms with van der Waals surface area (Å²) in [5.74, 6) is -0.531. The van der Waals surface area contributed by atoms with Crippen molar-refractivity contribution in [3.63, 3.8) is 0 Å². The molecule has 7 nitrogen and oxygen atoms in total. The van der Waals surface area contributed by atoms with Crippen molar-refractivity contribution < 1.29 is 14.6 Å². The molecule has 0 saturated heterocycles. The first-order valence-electron chi connectivity index (χ1n) is 9.45. The second kappa shape index (κ2) is 7.01. The van der Waals surface area contributed by atoms with Gasteiger partial charge in [0.2, 0.25) is 0 Å². The Morgan fingerprint density at radius 2 is 2.07 bits per heavy atom. The molecule has 0 amide bonds. The Bertz CT molecular complexity index is 1220. The van der Waals surface area contributed by atoms with Gasteiger partial charge in [-0.3, -0.25) is 14.6 Å². The fourth-order valence-corrected chi connectivity index (χ4v) is 3.88. The third-order valence-corrected chi connectivity index (χ3v) is 5.09. The van der Waals surface area contributed by atoms with Gasteiger partial charge in [-0.05, 0) is 48.7 Å². The lowest BCUT2D eigenvalue weighted by molar-refractivity contribution is -0.139. The van der Waals surface area contributed by atoms with Gasteiger partial charge in [-0.1, -0.05) is 6.07 Å². The summed E-state index contributed by atoms with van der Waals surface area (Å²) in [6.07, 6.45) is 5.59. The molecule has 0 fully saturated rings. The number of ether oxygens (including phenoxy) is 1. The Hall–Kier alpha value is -3.74. The van der Waals surface area contributed by atoms with Crippen molar-refractivity contribution in [2.45, 2.75) is 19.4 Å². The molecule has 144 valence electrons. The van der Waals surface area contributed by atoms with Crippen LogP contribution >= 0.6 is 0 Å². The van der Waals surface area contributed by atoms with Crippen molar-refractivity contribution in [2.24, 2.45) is 0 Å². The maximum absolute atomic E-state index is 10.8. The van der Waals surface area contributed by atoms with E-state index in [4.69, 9.17) is 14.9 Å². The van der Waals surface area contributed by atoms with E-state index >= 15 is 0 Å². The van der Waals surface area contributed by atoms with Gasteiger partial charge in [-0.2, -0.15) is 5.10 Å². The number of aryl methyl sites for hydroxylation is 1. The van der Waals surface area contributed by atoms with Crippen molar-refractivity contribution in [3.8, 4) is 28.3 Å². The van der Waals surface area contributed by atoms with Crippen LogP contribution in [0.1, 0.15) is 12.1 Å². The molecule has 4 heterocycles. The van der Waals surface area contributed by atoms with Crippen LogP contribution in [-0.4, -0.2) is 37.4 Å². The predicted octanol–water partition coefficient (Wildman–Crippen LogP) is 3.57. The van der Waals surface area contributed by atoms with Crippen molar-refractivity contribution in [1.29, 1.82) is 0 Å². The second-order valence-corrected chi connectivity index (χ2v) is 6.93. The van der Waals surface area contributed by atoms with E-state index in [0.717, 1.165) is 52.8 Å². The molecular formula is C22H18N4O3. The summed E-state index contributed by atoms with van der Waals surface area (Å²) in [7, 11) is 0. The maximum atomic E-state index is 10.8. The van der Waals surface area contributed by atoms with E-state index in [-0.39, 0.29) is 6.61 Å². The van der Waals surface area contributed by atoms with Gasteiger partial charge in [0.25, 0.3) is 0 Å². The summed E-state index contributed by atoms with van der Waals surface area (Å²) in [5.41, 5.74) is 5.81. The summed E-state index contributed by atoms with van der Waals surface area (Å²) >= 11 is 0. The summed E-state index contributed by atoms with van der Waals surface area (Å²) in [4.78, 5) is 19.8. The molecular weight excluding hydrogens is 368 g/mol. The molecule has 7 heteroatoms. The fourth-order valence-electron chi connectivity index (χ4n) is 3.88. The highest BCUT2D eigenvalue weighted by Crippen LogP contribution is 2.40. The minimum atomic E-state index is -1.01. The molecule has 0 radical (unpaired) electrons. The largest absolute Gasteiger partial charge is 0.482 e. The van der Waals surface area contributed by atoms with E-state index in [1.807, 2.05) is 30.3 Å².